The standard InChI is InChI=1S/C16H25ClN2O/c1-6-11(7-2)10-18-15(20)12-8-13(16(3,4)5)19-14(17)9-12/h8-9,11H,6-7,10H2,1-5H3,(H,18,20). The third-order valence-electron chi connectivity index (χ3n) is 3.53. The Hall–Kier alpha value is -1.09. The van der Waals surface area contributed by atoms with Crippen LogP contribution in [0.1, 0.15) is 63.5 Å². The van der Waals surface area contributed by atoms with Crippen LogP contribution in [-0.2, 0) is 5.41 Å². The highest BCUT2D eigenvalue weighted by Crippen LogP contribution is 2.23. The fourth-order valence-corrected chi connectivity index (χ4v) is 2.14. The normalized spacial score (nSPS) is 11.8. The third-order valence-corrected chi connectivity index (χ3v) is 3.72. The first-order chi connectivity index (χ1) is 9.27. The Kier molecular flexibility index (Phi) is 6.00. The van der Waals surface area contributed by atoms with Gasteiger partial charge in [-0.1, -0.05) is 59.1 Å². The van der Waals surface area contributed by atoms with Gasteiger partial charge in [0.2, 0.25) is 0 Å². The molecule has 1 amide bonds. The van der Waals surface area contributed by atoms with Gasteiger partial charge in [0.1, 0.15) is 5.15 Å². The van der Waals surface area contributed by atoms with E-state index in [1.807, 2.05) is 6.07 Å². The second-order valence-corrected chi connectivity index (χ2v) is 6.59. The molecule has 0 aliphatic carbocycles. The zero-order valence-corrected chi connectivity index (χ0v) is 13.8. The molecule has 0 spiro atoms. The number of pyridine rings is 1. The predicted molar refractivity (Wildman–Crippen MR) is 84.4 cm³/mol. The molecule has 1 rings (SSSR count). The Balaban J connectivity index is 2.86. The van der Waals surface area contributed by atoms with Gasteiger partial charge in [-0.2, -0.15) is 0 Å². The smallest absolute Gasteiger partial charge is 0.251 e. The Morgan fingerprint density at radius 1 is 1.30 bits per heavy atom. The summed E-state index contributed by atoms with van der Waals surface area (Å²) in [5.41, 5.74) is 1.29. The number of nitrogens with one attached hydrogen (secondary N) is 1. The number of aromatic nitrogens is 1. The average molecular weight is 297 g/mol. The number of amides is 1. The van der Waals surface area contributed by atoms with Crippen molar-refractivity contribution in [1.82, 2.24) is 10.3 Å². The first-order valence-corrected chi connectivity index (χ1v) is 7.62. The Morgan fingerprint density at radius 3 is 2.40 bits per heavy atom. The highest BCUT2D eigenvalue weighted by Gasteiger charge is 2.19. The van der Waals surface area contributed by atoms with Crippen LogP contribution < -0.4 is 5.32 Å². The summed E-state index contributed by atoms with van der Waals surface area (Å²) in [6, 6.07) is 3.45. The summed E-state index contributed by atoms with van der Waals surface area (Å²) in [7, 11) is 0. The molecule has 20 heavy (non-hydrogen) atoms. The summed E-state index contributed by atoms with van der Waals surface area (Å²) in [5, 5.41) is 3.35. The van der Waals surface area contributed by atoms with E-state index in [9.17, 15) is 4.79 Å². The Bertz CT molecular complexity index is 462. The molecule has 0 saturated heterocycles. The van der Waals surface area contributed by atoms with E-state index < -0.39 is 0 Å². The largest absolute Gasteiger partial charge is 0.352 e. The summed E-state index contributed by atoms with van der Waals surface area (Å²) >= 11 is 6.03. The highest BCUT2D eigenvalue weighted by molar-refractivity contribution is 6.29. The van der Waals surface area contributed by atoms with Gasteiger partial charge in [0.05, 0.1) is 0 Å². The van der Waals surface area contributed by atoms with Gasteiger partial charge in [-0.3, -0.25) is 4.79 Å². The molecule has 4 heteroatoms. The van der Waals surface area contributed by atoms with Crippen LogP contribution in [0.5, 0.6) is 0 Å². The fraction of sp³-hybridized carbons (Fsp3) is 0.625. The summed E-state index contributed by atoms with van der Waals surface area (Å²) < 4.78 is 0. The molecule has 0 unspecified atom stereocenters. The molecule has 0 fully saturated rings. The summed E-state index contributed by atoms with van der Waals surface area (Å²) in [5.74, 6) is 0.449. The SMILES string of the molecule is CCC(CC)CNC(=O)c1cc(Cl)nc(C(C)(C)C)c1. The van der Waals surface area contributed by atoms with Crippen molar-refractivity contribution in [3.8, 4) is 0 Å². The van der Waals surface area contributed by atoms with Crippen LogP contribution in [0.2, 0.25) is 5.15 Å². The molecule has 0 saturated carbocycles. The number of hydrogen-bond donors (Lipinski definition) is 1. The number of hydrogen-bond acceptors (Lipinski definition) is 2. The molecule has 0 aromatic carbocycles. The zero-order chi connectivity index (χ0) is 15.3. The van der Waals surface area contributed by atoms with Crippen molar-refractivity contribution in [3.63, 3.8) is 0 Å². The van der Waals surface area contributed by atoms with Gasteiger partial charge in [-0.05, 0) is 18.1 Å². The lowest BCUT2D eigenvalue weighted by atomic mass is 9.91. The van der Waals surface area contributed by atoms with Crippen molar-refractivity contribution in [3.05, 3.63) is 28.5 Å². The summed E-state index contributed by atoms with van der Waals surface area (Å²) in [6.45, 7) is 11.1. The quantitative estimate of drug-likeness (QED) is 0.828. The molecule has 0 atom stereocenters. The van der Waals surface area contributed by atoms with Gasteiger partial charge in [0.25, 0.3) is 5.91 Å². The molecule has 0 aliphatic rings. The first kappa shape index (κ1) is 17.0. The molecule has 1 heterocycles. The van der Waals surface area contributed by atoms with Gasteiger partial charge < -0.3 is 5.32 Å². The maximum atomic E-state index is 12.2. The molecule has 112 valence electrons. The molecular formula is C16H25ClN2O. The van der Waals surface area contributed by atoms with Gasteiger partial charge in [-0.25, -0.2) is 4.98 Å². The van der Waals surface area contributed by atoms with Crippen LogP contribution in [0.15, 0.2) is 12.1 Å². The van der Waals surface area contributed by atoms with E-state index in [1.54, 1.807) is 6.07 Å². The monoisotopic (exact) mass is 296 g/mol. The van der Waals surface area contributed by atoms with Crippen LogP contribution in [0.25, 0.3) is 0 Å². The molecule has 1 aromatic rings. The lowest BCUT2D eigenvalue weighted by Crippen LogP contribution is -2.29. The highest BCUT2D eigenvalue weighted by atomic mass is 35.5. The second-order valence-electron chi connectivity index (χ2n) is 6.21. The van der Waals surface area contributed by atoms with E-state index in [-0.39, 0.29) is 11.3 Å². The number of nitrogens with zero attached hydrogens (tertiary/aromatic N) is 1. The van der Waals surface area contributed by atoms with Gasteiger partial charge >= 0.3 is 0 Å². The van der Waals surface area contributed by atoms with Crippen molar-refractivity contribution in [2.75, 3.05) is 6.54 Å². The van der Waals surface area contributed by atoms with E-state index in [1.165, 1.54) is 0 Å². The minimum atomic E-state index is -0.130. The predicted octanol–water partition coefficient (Wildman–Crippen LogP) is 4.20. The topological polar surface area (TPSA) is 42.0 Å². The number of halogens is 1. The van der Waals surface area contributed by atoms with Gasteiger partial charge in [0.15, 0.2) is 0 Å². The van der Waals surface area contributed by atoms with Crippen LogP contribution in [-0.4, -0.2) is 17.4 Å². The molecule has 1 aromatic heterocycles. The zero-order valence-electron chi connectivity index (χ0n) is 13.1. The van der Waals surface area contributed by atoms with E-state index in [0.717, 1.165) is 18.5 Å². The number of carbonyl (C=O) groups is 1. The summed E-state index contributed by atoms with van der Waals surface area (Å²) in [6.07, 6.45) is 2.14. The minimum Gasteiger partial charge on any atom is -0.352 e. The lowest BCUT2D eigenvalue weighted by Gasteiger charge is -2.19. The van der Waals surface area contributed by atoms with E-state index in [0.29, 0.717) is 23.2 Å². The van der Waals surface area contributed by atoms with Crippen molar-refractivity contribution in [2.45, 2.75) is 52.9 Å². The van der Waals surface area contributed by atoms with E-state index in [2.05, 4.69) is 44.9 Å². The number of carbonyl (C=O) groups excluding carboxylic acids is 1. The molecule has 0 bridgehead atoms. The first-order valence-electron chi connectivity index (χ1n) is 7.24. The van der Waals surface area contributed by atoms with Crippen LogP contribution in [0.3, 0.4) is 0 Å². The molecule has 3 nitrogen and oxygen atoms in total. The fourth-order valence-electron chi connectivity index (χ4n) is 1.93. The van der Waals surface area contributed by atoms with Crippen LogP contribution >= 0.6 is 11.6 Å². The minimum absolute atomic E-state index is 0.0771. The van der Waals surface area contributed by atoms with E-state index in [4.69, 9.17) is 11.6 Å². The van der Waals surface area contributed by atoms with E-state index >= 15 is 0 Å². The molecule has 0 radical (unpaired) electrons. The van der Waals surface area contributed by atoms with Crippen LogP contribution in [0.4, 0.5) is 0 Å². The van der Waals surface area contributed by atoms with Crippen molar-refractivity contribution < 1.29 is 4.79 Å². The maximum absolute atomic E-state index is 12.2. The average Bonchev–Trinajstić information content (AvgIpc) is 2.38. The number of rotatable bonds is 5. The Morgan fingerprint density at radius 2 is 1.90 bits per heavy atom. The maximum Gasteiger partial charge on any atom is 0.251 e. The lowest BCUT2D eigenvalue weighted by molar-refractivity contribution is 0.0946. The second kappa shape index (κ2) is 7.07. The van der Waals surface area contributed by atoms with Gasteiger partial charge in [0, 0.05) is 23.2 Å². The van der Waals surface area contributed by atoms with Crippen molar-refractivity contribution in [1.29, 1.82) is 0 Å². The third kappa shape index (κ3) is 4.78. The van der Waals surface area contributed by atoms with Crippen molar-refractivity contribution in [2.24, 2.45) is 5.92 Å². The summed E-state index contributed by atoms with van der Waals surface area (Å²) in [4.78, 5) is 16.5. The molecular weight excluding hydrogens is 272 g/mol. The van der Waals surface area contributed by atoms with Gasteiger partial charge in [-0.15, -0.1) is 0 Å². The van der Waals surface area contributed by atoms with Crippen molar-refractivity contribution >= 4 is 17.5 Å². The molecule has 0 aliphatic heterocycles. The Labute approximate surface area is 127 Å². The van der Waals surface area contributed by atoms with Crippen LogP contribution in [0, 0.1) is 5.92 Å². The molecule has 1 N–H and O–H groups in total.